The molecule has 6 heteroatoms. The normalized spacial score (nSPS) is 17.9. The van der Waals surface area contributed by atoms with Crippen LogP contribution in [0.5, 0.6) is 11.5 Å². The maximum atomic E-state index is 14.1. The van der Waals surface area contributed by atoms with E-state index in [1.807, 2.05) is 95.9 Å². The molecule has 6 nitrogen and oxygen atoms in total. The van der Waals surface area contributed by atoms with E-state index in [0.717, 1.165) is 28.4 Å². The molecule has 1 aliphatic heterocycles. The van der Waals surface area contributed by atoms with Gasteiger partial charge in [0.15, 0.2) is 0 Å². The van der Waals surface area contributed by atoms with Crippen molar-refractivity contribution in [2.24, 2.45) is 0 Å². The molecule has 5 rings (SSSR count). The number of methoxy groups -OCH3 is 2. The van der Waals surface area contributed by atoms with Crippen molar-refractivity contribution in [2.45, 2.75) is 12.1 Å². The summed E-state index contributed by atoms with van der Waals surface area (Å²) in [5, 5.41) is 0. The number of benzene rings is 3. The second-order valence-corrected chi connectivity index (χ2v) is 7.73. The van der Waals surface area contributed by atoms with Gasteiger partial charge in [0, 0.05) is 11.4 Å². The zero-order chi connectivity index (χ0) is 22.8. The standard InChI is InChI=1S/C27H24N2O4/c1-31-22-14-10-20(11-15-22)28-25(19-7-4-3-5-8-19)26(24-9-6-18-33-24)29(27(28)30)21-12-16-23(32-2)17-13-21/h3-18,25-26H,1-2H3/t25-,26+/m0/s1. The second-order valence-electron chi connectivity index (χ2n) is 7.73. The van der Waals surface area contributed by atoms with Crippen molar-refractivity contribution >= 4 is 17.4 Å². The summed E-state index contributed by atoms with van der Waals surface area (Å²) in [5.41, 5.74) is 2.56. The highest BCUT2D eigenvalue weighted by atomic mass is 16.5. The van der Waals surface area contributed by atoms with E-state index in [1.165, 1.54) is 0 Å². The number of rotatable bonds is 6. The highest BCUT2D eigenvalue weighted by Gasteiger charge is 2.50. The lowest BCUT2D eigenvalue weighted by Crippen LogP contribution is -2.32. The van der Waals surface area contributed by atoms with Crippen LogP contribution in [0.1, 0.15) is 23.4 Å². The molecule has 1 aliphatic rings. The molecule has 0 radical (unpaired) electrons. The third kappa shape index (κ3) is 3.69. The fraction of sp³-hybridized carbons (Fsp3) is 0.148. The predicted octanol–water partition coefficient (Wildman–Crippen LogP) is 6.23. The Bertz CT molecular complexity index is 1210. The van der Waals surface area contributed by atoms with Crippen LogP contribution in [0.3, 0.4) is 0 Å². The summed E-state index contributed by atoms with van der Waals surface area (Å²) in [6, 6.07) is 28.0. The van der Waals surface area contributed by atoms with Crippen molar-refractivity contribution in [2.75, 3.05) is 24.0 Å². The van der Waals surface area contributed by atoms with Crippen LogP contribution in [0.15, 0.2) is 102 Å². The maximum Gasteiger partial charge on any atom is 0.330 e. The molecule has 0 spiro atoms. The quantitative estimate of drug-likeness (QED) is 0.357. The van der Waals surface area contributed by atoms with Crippen LogP contribution in [-0.2, 0) is 0 Å². The molecule has 3 aromatic carbocycles. The highest BCUT2D eigenvalue weighted by molar-refractivity contribution is 6.07. The molecule has 2 atom stereocenters. The smallest absolute Gasteiger partial charge is 0.330 e. The number of urea groups is 1. The zero-order valence-corrected chi connectivity index (χ0v) is 18.4. The van der Waals surface area contributed by atoms with E-state index in [9.17, 15) is 4.79 Å². The molecule has 1 saturated heterocycles. The van der Waals surface area contributed by atoms with Gasteiger partial charge in [-0.05, 0) is 66.2 Å². The van der Waals surface area contributed by atoms with Gasteiger partial charge in [-0.15, -0.1) is 0 Å². The number of anilines is 2. The fourth-order valence-electron chi connectivity index (χ4n) is 4.39. The number of furan rings is 1. The van der Waals surface area contributed by atoms with Gasteiger partial charge >= 0.3 is 6.03 Å². The van der Waals surface area contributed by atoms with Crippen molar-refractivity contribution in [3.63, 3.8) is 0 Å². The lowest BCUT2D eigenvalue weighted by Gasteiger charge is -2.27. The number of carbonyl (C=O) groups is 1. The van der Waals surface area contributed by atoms with Crippen molar-refractivity contribution in [3.8, 4) is 11.5 Å². The first-order valence-corrected chi connectivity index (χ1v) is 10.7. The topological polar surface area (TPSA) is 55.2 Å². The number of carbonyl (C=O) groups excluding carboxylic acids is 1. The van der Waals surface area contributed by atoms with Crippen LogP contribution in [0.25, 0.3) is 0 Å². The molecule has 4 aromatic rings. The van der Waals surface area contributed by atoms with Crippen molar-refractivity contribution < 1.29 is 18.7 Å². The van der Waals surface area contributed by atoms with Crippen LogP contribution >= 0.6 is 0 Å². The average Bonchev–Trinajstić information content (AvgIpc) is 3.51. The van der Waals surface area contributed by atoms with E-state index >= 15 is 0 Å². The molecule has 33 heavy (non-hydrogen) atoms. The second kappa shape index (κ2) is 8.74. The van der Waals surface area contributed by atoms with Gasteiger partial charge in [0.25, 0.3) is 0 Å². The third-order valence-corrected chi connectivity index (χ3v) is 5.94. The summed E-state index contributed by atoms with van der Waals surface area (Å²) >= 11 is 0. The Balaban J connectivity index is 1.69. The number of amides is 2. The first-order valence-electron chi connectivity index (χ1n) is 10.7. The lowest BCUT2D eigenvalue weighted by molar-refractivity contribution is 0.254. The van der Waals surface area contributed by atoms with Crippen molar-refractivity contribution in [1.82, 2.24) is 0 Å². The first-order chi connectivity index (χ1) is 16.2. The van der Waals surface area contributed by atoms with Crippen LogP contribution in [0.4, 0.5) is 16.2 Å². The Kier molecular flexibility index (Phi) is 5.48. The molecule has 0 N–H and O–H groups in total. The molecule has 0 aliphatic carbocycles. The largest absolute Gasteiger partial charge is 0.497 e. The summed E-state index contributed by atoms with van der Waals surface area (Å²) < 4.78 is 16.5. The summed E-state index contributed by atoms with van der Waals surface area (Å²) in [6.45, 7) is 0. The zero-order valence-electron chi connectivity index (χ0n) is 18.4. The molecule has 0 unspecified atom stereocenters. The monoisotopic (exact) mass is 440 g/mol. The maximum absolute atomic E-state index is 14.1. The van der Waals surface area contributed by atoms with E-state index < -0.39 is 0 Å². The summed E-state index contributed by atoms with van der Waals surface area (Å²) in [7, 11) is 3.25. The fourth-order valence-corrected chi connectivity index (χ4v) is 4.39. The van der Waals surface area contributed by atoms with Gasteiger partial charge in [-0.3, -0.25) is 9.80 Å². The number of hydrogen-bond acceptors (Lipinski definition) is 4. The molecular weight excluding hydrogens is 416 g/mol. The molecule has 0 bridgehead atoms. The summed E-state index contributed by atoms with van der Waals surface area (Å²) in [5.74, 6) is 2.17. The van der Waals surface area contributed by atoms with Gasteiger partial charge < -0.3 is 13.9 Å². The van der Waals surface area contributed by atoms with Crippen molar-refractivity contribution in [3.05, 3.63) is 109 Å². The van der Waals surface area contributed by atoms with Crippen LogP contribution in [0, 0.1) is 0 Å². The van der Waals surface area contributed by atoms with Gasteiger partial charge in [-0.25, -0.2) is 4.79 Å². The molecule has 1 aromatic heterocycles. The predicted molar refractivity (Wildman–Crippen MR) is 127 cm³/mol. The molecule has 2 amide bonds. The molecule has 2 heterocycles. The third-order valence-electron chi connectivity index (χ3n) is 5.94. The molecule has 166 valence electrons. The van der Waals surface area contributed by atoms with Gasteiger partial charge in [0.2, 0.25) is 0 Å². The van der Waals surface area contributed by atoms with E-state index in [1.54, 1.807) is 25.4 Å². The summed E-state index contributed by atoms with van der Waals surface area (Å²) in [6.07, 6.45) is 1.64. The Morgan fingerprint density at radius 3 is 1.70 bits per heavy atom. The van der Waals surface area contributed by atoms with Gasteiger partial charge in [0.05, 0.1) is 26.5 Å². The molecule has 0 saturated carbocycles. The van der Waals surface area contributed by atoms with E-state index in [-0.39, 0.29) is 18.1 Å². The number of ether oxygens (including phenoxy) is 2. The highest BCUT2D eigenvalue weighted by Crippen LogP contribution is 2.49. The van der Waals surface area contributed by atoms with E-state index in [4.69, 9.17) is 13.9 Å². The van der Waals surface area contributed by atoms with Gasteiger partial charge in [0.1, 0.15) is 23.3 Å². The lowest BCUT2D eigenvalue weighted by atomic mass is 9.96. The minimum Gasteiger partial charge on any atom is -0.497 e. The molecular formula is C27H24N2O4. The number of hydrogen-bond donors (Lipinski definition) is 0. The van der Waals surface area contributed by atoms with Gasteiger partial charge in [-0.1, -0.05) is 30.3 Å². The SMILES string of the molecule is COc1ccc(N2C(=O)N(c3ccc(OC)cc3)[C@@H](c3ccccc3)[C@H]2c2ccco2)cc1. The minimum atomic E-state index is -0.370. The molecule has 1 fully saturated rings. The minimum absolute atomic E-state index is 0.138. The van der Waals surface area contributed by atoms with E-state index in [0.29, 0.717) is 5.76 Å². The van der Waals surface area contributed by atoms with Crippen LogP contribution in [-0.4, -0.2) is 20.3 Å². The Morgan fingerprint density at radius 2 is 1.21 bits per heavy atom. The van der Waals surface area contributed by atoms with Crippen molar-refractivity contribution in [1.29, 1.82) is 0 Å². The Morgan fingerprint density at radius 1 is 0.667 bits per heavy atom. The average molecular weight is 440 g/mol. The summed E-state index contributed by atoms with van der Waals surface area (Å²) in [4.78, 5) is 17.7. The first kappa shape index (κ1) is 20.7. The Hall–Kier alpha value is -4.19. The van der Waals surface area contributed by atoms with Gasteiger partial charge in [-0.2, -0.15) is 0 Å². The van der Waals surface area contributed by atoms with Crippen LogP contribution in [0.2, 0.25) is 0 Å². The Labute approximate surface area is 192 Å². The van der Waals surface area contributed by atoms with E-state index in [2.05, 4.69) is 0 Å². The number of nitrogens with zero attached hydrogens (tertiary/aromatic N) is 2. The van der Waals surface area contributed by atoms with Crippen LogP contribution < -0.4 is 19.3 Å².